The fourth-order valence-electron chi connectivity index (χ4n) is 7.52. The summed E-state index contributed by atoms with van der Waals surface area (Å²) in [5.41, 5.74) is 5.16. The van der Waals surface area contributed by atoms with Crippen molar-refractivity contribution >= 4 is 0 Å². The number of hydrogen-bond acceptors (Lipinski definition) is 1. The summed E-state index contributed by atoms with van der Waals surface area (Å²) in [6.45, 7) is 24.6. The zero-order valence-corrected chi connectivity index (χ0v) is 21.4. The summed E-state index contributed by atoms with van der Waals surface area (Å²) in [6.07, 6.45) is 14.7. The lowest BCUT2D eigenvalue weighted by Crippen LogP contribution is -2.43. The van der Waals surface area contributed by atoms with Crippen molar-refractivity contribution in [2.75, 3.05) is 6.54 Å². The number of rotatable bonds is 6. The van der Waals surface area contributed by atoms with Crippen molar-refractivity contribution in [3.8, 4) is 0 Å². The maximum Gasteiger partial charge on any atom is 0.0437 e. The summed E-state index contributed by atoms with van der Waals surface area (Å²) in [5.74, 6) is 3.93. The molecular formula is C29H49N. The van der Waals surface area contributed by atoms with Crippen LogP contribution >= 0.6 is 0 Å². The summed E-state index contributed by atoms with van der Waals surface area (Å²) in [7, 11) is 0. The summed E-state index contributed by atoms with van der Waals surface area (Å²) < 4.78 is 0. The molecule has 3 aliphatic rings. The van der Waals surface area contributed by atoms with Crippen LogP contribution in [-0.4, -0.2) is 17.0 Å². The molecule has 1 heterocycles. The van der Waals surface area contributed by atoms with E-state index < -0.39 is 0 Å². The topological polar surface area (TPSA) is 3.24 Å². The minimum atomic E-state index is 0.202. The quantitative estimate of drug-likeness (QED) is 0.397. The van der Waals surface area contributed by atoms with E-state index >= 15 is 0 Å². The Bertz CT molecular complexity index is 691. The molecule has 0 aromatic rings. The van der Waals surface area contributed by atoms with Gasteiger partial charge in [0, 0.05) is 17.8 Å². The molecular weight excluding hydrogens is 362 g/mol. The Balaban J connectivity index is 2.05. The highest BCUT2D eigenvalue weighted by atomic mass is 15.2. The molecule has 170 valence electrons. The Morgan fingerprint density at radius 1 is 1.10 bits per heavy atom. The number of nitrogens with zero attached hydrogens (tertiary/aromatic N) is 1. The highest BCUT2D eigenvalue weighted by Gasteiger charge is 2.56. The average Bonchev–Trinajstić information content (AvgIpc) is 2.95. The third-order valence-electron chi connectivity index (χ3n) is 8.98. The van der Waals surface area contributed by atoms with E-state index in [9.17, 15) is 0 Å². The average molecular weight is 412 g/mol. The van der Waals surface area contributed by atoms with Crippen LogP contribution in [0.4, 0.5) is 0 Å². The Morgan fingerprint density at radius 2 is 1.80 bits per heavy atom. The maximum absolute atomic E-state index is 4.26. The van der Waals surface area contributed by atoms with E-state index in [0.29, 0.717) is 17.3 Å². The molecule has 3 fully saturated rings. The van der Waals surface area contributed by atoms with Gasteiger partial charge in [0.25, 0.3) is 0 Å². The van der Waals surface area contributed by atoms with Crippen molar-refractivity contribution in [3.63, 3.8) is 0 Å². The molecule has 1 nitrogen and oxygen atoms in total. The van der Waals surface area contributed by atoms with Crippen molar-refractivity contribution in [1.82, 2.24) is 4.90 Å². The molecule has 2 aliphatic carbocycles. The lowest BCUT2D eigenvalue weighted by atomic mass is 9.55. The van der Waals surface area contributed by atoms with Gasteiger partial charge in [0.2, 0.25) is 0 Å². The summed E-state index contributed by atoms with van der Waals surface area (Å²) in [4.78, 5) is 2.84. The maximum atomic E-state index is 4.26. The zero-order chi connectivity index (χ0) is 22.3. The predicted octanol–water partition coefficient (Wildman–Crippen LogP) is 8.39. The third-order valence-corrected chi connectivity index (χ3v) is 8.98. The van der Waals surface area contributed by atoms with E-state index in [4.69, 9.17) is 0 Å². The fourth-order valence-corrected chi connectivity index (χ4v) is 7.52. The van der Waals surface area contributed by atoms with Crippen molar-refractivity contribution < 1.29 is 0 Å². The standard InChI is InChI=1S/C29H49N/c1-10-22-15-23-13-14-29(24(16-22)17-23)18-28(8,9)30(19-29)27(25(11-2)20(4)5)26(12-3)21(6)7/h11-12,20-24H,2,10,13-19H2,1,3-9H3/b26-12-,27-25-. The van der Waals surface area contributed by atoms with Crippen LogP contribution in [0, 0.1) is 35.0 Å². The lowest BCUT2D eigenvalue weighted by Gasteiger charge is -2.50. The molecule has 1 spiro atoms. The second kappa shape index (κ2) is 8.87. The minimum Gasteiger partial charge on any atom is -0.365 e. The lowest BCUT2D eigenvalue weighted by molar-refractivity contribution is 0.00912. The Hall–Kier alpha value is -0.980. The summed E-state index contributed by atoms with van der Waals surface area (Å²) >= 11 is 0. The molecule has 1 heteroatoms. The van der Waals surface area contributed by atoms with Crippen molar-refractivity contribution in [2.24, 2.45) is 35.0 Å². The molecule has 4 atom stereocenters. The van der Waals surface area contributed by atoms with E-state index in [2.05, 4.69) is 79.0 Å². The minimum absolute atomic E-state index is 0.202. The first-order valence-corrected chi connectivity index (χ1v) is 12.9. The van der Waals surface area contributed by atoms with Crippen LogP contribution < -0.4 is 0 Å². The molecule has 2 saturated carbocycles. The van der Waals surface area contributed by atoms with Gasteiger partial charge < -0.3 is 4.90 Å². The third kappa shape index (κ3) is 4.20. The van der Waals surface area contributed by atoms with Gasteiger partial charge in [-0.1, -0.05) is 59.8 Å². The van der Waals surface area contributed by atoms with Gasteiger partial charge in [-0.3, -0.25) is 0 Å². The highest BCUT2D eigenvalue weighted by molar-refractivity contribution is 5.42. The number of fused-ring (bicyclic) bond motifs is 3. The van der Waals surface area contributed by atoms with Crippen LogP contribution in [0.1, 0.15) is 100 Å². The molecule has 1 saturated heterocycles. The first-order valence-electron chi connectivity index (χ1n) is 12.9. The van der Waals surface area contributed by atoms with Gasteiger partial charge in [-0.2, -0.15) is 0 Å². The molecule has 3 rings (SSSR count). The molecule has 0 N–H and O–H groups in total. The van der Waals surface area contributed by atoms with Crippen molar-refractivity contribution in [3.05, 3.63) is 35.6 Å². The SMILES string of the molecule is C=C/C(=C(\C(=C/C)C(C)C)N1CC2(CCC3CC(CC)CC2C3)CC1(C)C)C(C)C. The normalized spacial score (nSPS) is 34.7. The van der Waals surface area contributed by atoms with Gasteiger partial charge in [-0.15, -0.1) is 0 Å². The molecule has 0 radical (unpaired) electrons. The van der Waals surface area contributed by atoms with E-state index in [-0.39, 0.29) is 5.54 Å². The van der Waals surface area contributed by atoms with E-state index in [1.807, 2.05) is 0 Å². The van der Waals surface area contributed by atoms with Gasteiger partial charge in [0.05, 0.1) is 0 Å². The molecule has 0 amide bonds. The molecule has 0 aromatic carbocycles. The van der Waals surface area contributed by atoms with Crippen LogP contribution in [0.2, 0.25) is 0 Å². The fraction of sp³-hybridized carbons (Fsp3) is 0.793. The zero-order valence-electron chi connectivity index (χ0n) is 21.4. The molecule has 0 aromatic heterocycles. The van der Waals surface area contributed by atoms with Crippen LogP contribution in [0.5, 0.6) is 0 Å². The second-order valence-corrected chi connectivity index (χ2v) is 12.1. The molecule has 30 heavy (non-hydrogen) atoms. The second-order valence-electron chi connectivity index (χ2n) is 12.1. The number of allylic oxidation sites excluding steroid dienone is 4. The monoisotopic (exact) mass is 411 g/mol. The predicted molar refractivity (Wildman–Crippen MR) is 132 cm³/mol. The van der Waals surface area contributed by atoms with Gasteiger partial charge >= 0.3 is 0 Å². The van der Waals surface area contributed by atoms with Gasteiger partial charge in [-0.05, 0) is 105 Å². The van der Waals surface area contributed by atoms with Crippen LogP contribution in [0.3, 0.4) is 0 Å². The van der Waals surface area contributed by atoms with Crippen LogP contribution in [-0.2, 0) is 0 Å². The van der Waals surface area contributed by atoms with Gasteiger partial charge in [0.15, 0.2) is 0 Å². The summed E-state index contributed by atoms with van der Waals surface area (Å²) in [5, 5.41) is 0. The van der Waals surface area contributed by atoms with Gasteiger partial charge in [-0.25, -0.2) is 0 Å². The highest BCUT2D eigenvalue weighted by Crippen LogP contribution is 2.60. The number of hydrogen-bond donors (Lipinski definition) is 0. The largest absolute Gasteiger partial charge is 0.365 e. The number of likely N-dealkylation sites (tertiary alicyclic amines) is 1. The van der Waals surface area contributed by atoms with Gasteiger partial charge in [0.1, 0.15) is 0 Å². The van der Waals surface area contributed by atoms with Crippen molar-refractivity contribution in [2.45, 2.75) is 106 Å². The Labute approximate surface area is 188 Å². The Kier molecular flexibility index (Phi) is 7.00. The molecule has 1 aliphatic heterocycles. The van der Waals surface area contributed by atoms with Crippen molar-refractivity contribution in [1.29, 1.82) is 0 Å². The Morgan fingerprint density at radius 3 is 2.33 bits per heavy atom. The van der Waals surface area contributed by atoms with E-state index in [0.717, 1.165) is 17.8 Å². The van der Waals surface area contributed by atoms with E-state index in [1.54, 1.807) is 0 Å². The first-order chi connectivity index (χ1) is 14.1. The first kappa shape index (κ1) is 23.7. The van der Waals surface area contributed by atoms with E-state index in [1.165, 1.54) is 68.3 Å². The molecule has 2 bridgehead atoms. The molecule has 4 unspecified atom stereocenters. The van der Waals surface area contributed by atoms with Crippen LogP contribution in [0.25, 0.3) is 0 Å². The summed E-state index contributed by atoms with van der Waals surface area (Å²) in [6, 6.07) is 0. The van der Waals surface area contributed by atoms with Crippen LogP contribution in [0.15, 0.2) is 35.6 Å². The smallest absolute Gasteiger partial charge is 0.0437 e.